The normalized spacial score (nSPS) is 11.6. The van der Waals surface area contributed by atoms with Crippen molar-refractivity contribution in [2.24, 2.45) is 0 Å². The van der Waals surface area contributed by atoms with E-state index in [0.717, 1.165) is 29.5 Å². The van der Waals surface area contributed by atoms with Crippen LogP contribution in [0, 0.1) is 0 Å². The second-order valence-electron chi connectivity index (χ2n) is 11.5. The number of carbonyl (C=O) groups excluding carboxylic acids is 3. The van der Waals surface area contributed by atoms with E-state index in [1.165, 1.54) is 10.9 Å². The highest BCUT2D eigenvalue weighted by Gasteiger charge is 2.30. The summed E-state index contributed by atoms with van der Waals surface area (Å²) in [7, 11) is 0. The van der Waals surface area contributed by atoms with Crippen LogP contribution in [0.15, 0.2) is 55.0 Å². The van der Waals surface area contributed by atoms with Crippen molar-refractivity contribution in [3.63, 3.8) is 0 Å². The van der Waals surface area contributed by atoms with Gasteiger partial charge in [0.05, 0.1) is 30.2 Å². The summed E-state index contributed by atoms with van der Waals surface area (Å²) in [6.45, 7) is 6.63. The van der Waals surface area contributed by atoms with E-state index >= 15 is 0 Å². The Morgan fingerprint density at radius 2 is 1.34 bits per heavy atom. The zero-order valence-electron chi connectivity index (χ0n) is 26.0. The van der Waals surface area contributed by atoms with Gasteiger partial charge in [0, 0.05) is 32.4 Å². The number of unbranched alkanes of at least 4 members (excludes halogenated alkanes) is 1. The molecule has 0 aliphatic rings. The lowest BCUT2D eigenvalue weighted by Crippen LogP contribution is -2.32. The molecule has 0 fully saturated rings. The number of amides is 3. The number of nitrogens with one attached hydrogen (secondary N) is 3. The van der Waals surface area contributed by atoms with Gasteiger partial charge in [-0.05, 0) is 56.9 Å². The molecule has 0 bridgehead atoms. The van der Waals surface area contributed by atoms with Gasteiger partial charge >= 0.3 is 12.3 Å². The number of benzene rings is 1. The van der Waals surface area contributed by atoms with Crippen molar-refractivity contribution < 1.29 is 32.3 Å². The number of pyridine rings is 1. The summed E-state index contributed by atoms with van der Waals surface area (Å²) in [6.07, 6.45) is 0.329. The molecule has 4 aromatic rings. The van der Waals surface area contributed by atoms with Crippen LogP contribution in [-0.2, 0) is 43.6 Å². The number of halogens is 3. The van der Waals surface area contributed by atoms with Crippen molar-refractivity contribution in [1.29, 1.82) is 0 Å². The van der Waals surface area contributed by atoms with Gasteiger partial charge in [-0.3, -0.25) is 23.9 Å². The summed E-state index contributed by atoms with van der Waals surface area (Å²) in [5.41, 5.74) is 0.505. The van der Waals surface area contributed by atoms with Crippen molar-refractivity contribution in [3.05, 3.63) is 88.8 Å². The molecule has 0 aliphatic heterocycles. The zero-order chi connectivity index (χ0) is 34.0. The number of ether oxygens (including phenoxy) is 1. The Morgan fingerprint density at radius 3 is 1.89 bits per heavy atom. The maximum Gasteiger partial charge on any atom is 0.416 e. The first-order valence-electron chi connectivity index (χ1n) is 14.7. The Balaban J connectivity index is 1.15. The van der Waals surface area contributed by atoms with Crippen molar-refractivity contribution in [3.8, 4) is 0 Å². The van der Waals surface area contributed by atoms with E-state index in [2.05, 4.69) is 41.6 Å². The maximum atomic E-state index is 12.9. The van der Waals surface area contributed by atoms with Gasteiger partial charge in [-0.15, -0.1) is 10.2 Å². The number of aryl methyl sites for hydroxylation is 2. The molecular weight excluding hydrogens is 621 g/mol. The quantitative estimate of drug-likeness (QED) is 0.182. The van der Waals surface area contributed by atoms with Gasteiger partial charge in [0.1, 0.15) is 5.60 Å². The van der Waals surface area contributed by atoms with Crippen molar-refractivity contribution >= 4 is 17.9 Å². The first kappa shape index (κ1) is 34.5. The second kappa shape index (κ2) is 15.3. The molecule has 3 amide bonds. The zero-order valence-corrected chi connectivity index (χ0v) is 26.0. The molecular formula is C30H35F3N10O4. The standard InChI is InChI=1S/C30H35F3N10O4/c1-29(2,3)47-28(46)37-16-21-8-6-7-20(13-21)15-35-26(44)24-18-42(40-38-24)11-4-5-12-43-19-25(39-41-43)27(45)36-17-23-14-22(9-10-34-23)30(31,32)33/h6-10,13-14,18-19H,4-5,11-12,15-17H2,1-3H3,(H,35,44)(H,36,45)(H,37,46). The average molecular weight is 657 g/mol. The van der Waals surface area contributed by atoms with Crippen LogP contribution in [0.2, 0.25) is 0 Å². The fourth-order valence-corrected chi connectivity index (χ4v) is 4.19. The first-order valence-corrected chi connectivity index (χ1v) is 14.7. The van der Waals surface area contributed by atoms with Crippen molar-refractivity contribution in [2.45, 2.75) is 78.1 Å². The SMILES string of the molecule is CC(C)(C)OC(=O)NCc1cccc(CNC(=O)c2cn(CCCCn3cc(C(=O)NCc4cc(C(F)(F)F)ccn4)nn3)nn2)c1. The van der Waals surface area contributed by atoms with Crippen LogP contribution < -0.4 is 16.0 Å². The molecule has 0 aliphatic carbocycles. The molecule has 47 heavy (non-hydrogen) atoms. The number of nitrogens with zero attached hydrogens (tertiary/aromatic N) is 7. The highest BCUT2D eigenvalue weighted by Crippen LogP contribution is 2.29. The molecule has 14 nitrogen and oxygen atoms in total. The number of hydrogen-bond acceptors (Lipinski definition) is 9. The molecule has 3 heterocycles. The second-order valence-corrected chi connectivity index (χ2v) is 11.5. The van der Waals surface area contributed by atoms with Crippen LogP contribution in [0.5, 0.6) is 0 Å². The van der Waals surface area contributed by atoms with Gasteiger partial charge in [0.15, 0.2) is 11.4 Å². The number of rotatable bonds is 13. The molecule has 0 radical (unpaired) electrons. The van der Waals surface area contributed by atoms with Gasteiger partial charge < -0.3 is 20.7 Å². The highest BCUT2D eigenvalue weighted by atomic mass is 19.4. The van der Waals surface area contributed by atoms with Crippen LogP contribution >= 0.6 is 0 Å². The fraction of sp³-hybridized carbons (Fsp3) is 0.400. The smallest absolute Gasteiger partial charge is 0.416 e. The average Bonchev–Trinajstić information content (AvgIpc) is 3.69. The van der Waals surface area contributed by atoms with Gasteiger partial charge in [0.2, 0.25) is 0 Å². The molecule has 3 N–H and O–H groups in total. The van der Waals surface area contributed by atoms with E-state index in [9.17, 15) is 27.6 Å². The molecule has 1 aromatic carbocycles. The number of alkyl halides is 3. The van der Waals surface area contributed by atoms with Gasteiger partial charge in [-0.25, -0.2) is 4.79 Å². The van der Waals surface area contributed by atoms with Crippen LogP contribution in [0.4, 0.5) is 18.0 Å². The summed E-state index contributed by atoms with van der Waals surface area (Å²) < 4.78 is 46.9. The molecule has 0 atom stereocenters. The molecule has 0 spiro atoms. The van der Waals surface area contributed by atoms with E-state index in [4.69, 9.17) is 4.74 Å². The summed E-state index contributed by atoms with van der Waals surface area (Å²) in [4.78, 5) is 40.7. The monoisotopic (exact) mass is 656 g/mol. The lowest BCUT2D eigenvalue weighted by molar-refractivity contribution is -0.137. The molecule has 17 heteroatoms. The minimum atomic E-state index is -4.50. The van der Waals surface area contributed by atoms with Crippen LogP contribution in [0.25, 0.3) is 0 Å². The van der Waals surface area contributed by atoms with Crippen LogP contribution in [0.1, 0.15) is 77.0 Å². The lowest BCUT2D eigenvalue weighted by Gasteiger charge is -2.19. The maximum absolute atomic E-state index is 12.9. The Hall–Kier alpha value is -5.35. The number of alkyl carbamates (subject to hydrolysis) is 1. The Kier molecular flexibility index (Phi) is 11.2. The molecule has 0 saturated heterocycles. The molecule has 3 aromatic heterocycles. The summed E-state index contributed by atoms with van der Waals surface area (Å²) in [5, 5.41) is 23.7. The Labute approximate surface area is 268 Å². The Morgan fingerprint density at radius 1 is 0.787 bits per heavy atom. The lowest BCUT2D eigenvalue weighted by atomic mass is 10.1. The van der Waals surface area contributed by atoms with E-state index in [0.29, 0.717) is 25.9 Å². The number of carbonyl (C=O) groups is 3. The van der Waals surface area contributed by atoms with Crippen molar-refractivity contribution in [1.82, 2.24) is 50.9 Å². The third kappa shape index (κ3) is 11.2. The number of aromatic nitrogens is 7. The van der Waals surface area contributed by atoms with Gasteiger partial charge in [-0.2, -0.15) is 13.2 Å². The predicted molar refractivity (Wildman–Crippen MR) is 160 cm³/mol. The molecule has 4 rings (SSSR count). The first-order chi connectivity index (χ1) is 22.2. The third-order valence-corrected chi connectivity index (χ3v) is 6.42. The third-order valence-electron chi connectivity index (χ3n) is 6.42. The highest BCUT2D eigenvalue weighted by molar-refractivity contribution is 5.92. The predicted octanol–water partition coefficient (Wildman–Crippen LogP) is 3.65. The van der Waals surface area contributed by atoms with E-state index in [1.807, 2.05) is 24.3 Å². The molecule has 0 saturated carbocycles. The van der Waals surface area contributed by atoms with E-state index in [1.54, 1.807) is 31.6 Å². The van der Waals surface area contributed by atoms with Crippen molar-refractivity contribution in [2.75, 3.05) is 0 Å². The minimum Gasteiger partial charge on any atom is -0.444 e. The van der Waals surface area contributed by atoms with Crippen LogP contribution in [-0.4, -0.2) is 58.5 Å². The summed E-state index contributed by atoms with van der Waals surface area (Å²) in [5.74, 6) is -0.974. The molecule has 250 valence electrons. The van der Waals surface area contributed by atoms with E-state index in [-0.39, 0.29) is 42.6 Å². The summed E-state index contributed by atoms with van der Waals surface area (Å²) >= 11 is 0. The number of hydrogen-bond donors (Lipinski definition) is 3. The van der Waals surface area contributed by atoms with Gasteiger partial charge in [0.25, 0.3) is 11.8 Å². The minimum absolute atomic E-state index is 0.0214. The fourth-order valence-electron chi connectivity index (χ4n) is 4.19. The largest absolute Gasteiger partial charge is 0.444 e. The van der Waals surface area contributed by atoms with Gasteiger partial charge in [-0.1, -0.05) is 34.7 Å². The Bertz CT molecular complexity index is 1680. The summed E-state index contributed by atoms with van der Waals surface area (Å²) in [6, 6.07) is 9.16. The molecule has 0 unspecified atom stereocenters. The van der Waals surface area contributed by atoms with Crippen LogP contribution in [0.3, 0.4) is 0 Å². The van der Waals surface area contributed by atoms with E-state index < -0.39 is 29.3 Å². The topological polar surface area (TPSA) is 171 Å².